The molecule has 3 heterocycles. The van der Waals surface area contributed by atoms with Crippen molar-refractivity contribution in [3.8, 4) is 0 Å². The van der Waals surface area contributed by atoms with E-state index in [1.165, 1.54) is 19.2 Å². The van der Waals surface area contributed by atoms with Crippen LogP contribution in [0.15, 0.2) is 34.4 Å². The summed E-state index contributed by atoms with van der Waals surface area (Å²) < 4.78 is 48.6. The molecule has 0 unspecified atom stereocenters. The number of halogens is 3. The topological polar surface area (TPSA) is 84.7 Å². The number of methoxy groups -OCH3 is 1. The van der Waals surface area contributed by atoms with Gasteiger partial charge in [-0.1, -0.05) is 17.3 Å². The third kappa shape index (κ3) is 4.21. The van der Waals surface area contributed by atoms with Crippen LogP contribution in [0.2, 0.25) is 0 Å². The molecule has 0 saturated carbocycles. The number of nitrogens with one attached hydrogen (secondary N) is 1. The van der Waals surface area contributed by atoms with Gasteiger partial charge in [-0.25, -0.2) is 9.59 Å². The third-order valence-corrected chi connectivity index (χ3v) is 6.30. The van der Waals surface area contributed by atoms with Gasteiger partial charge in [-0.2, -0.15) is 13.2 Å². The zero-order valence-corrected chi connectivity index (χ0v) is 18.5. The highest BCUT2D eigenvalue weighted by atomic mass is 19.4. The molecule has 176 valence electrons. The van der Waals surface area contributed by atoms with Crippen LogP contribution in [0.3, 0.4) is 0 Å². The fourth-order valence-electron chi connectivity index (χ4n) is 4.82. The number of aromatic nitrogens is 1. The number of urea groups is 1. The maximum Gasteiger partial charge on any atom is 0.416 e. The molecule has 2 aliphatic rings. The average molecular weight is 463 g/mol. The average Bonchev–Trinajstić information content (AvgIpc) is 3.28. The number of ether oxygens (including phenoxy) is 1. The van der Waals surface area contributed by atoms with Crippen LogP contribution in [0.5, 0.6) is 0 Å². The summed E-state index contributed by atoms with van der Waals surface area (Å²) in [7, 11) is 1.30. The zero-order valence-electron chi connectivity index (χ0n) is 18.5. The van der Waals surface area contributed by atoms with Gasteiger partial charge < -0.3 is 19.5 Å². The lowest BCUT2D eigenvalue weighted by atomic mass is 9.87. The van der Waals surface area contributed by atoms with E-state index in [2.05, 4.69) is 10.5 Å². The Kier molecular flexibility index (Phi) is 5.94. The standard InChI is InChI=1S/C23H24F3N3O4/c1-12-19(13(2)33-28-12)17-10-16-8-9-18(20(17)21(30)32-3)29(16)22(31)27-11-14-4-6-15(7-5-14)23(24,25)26/h4-7,16,18H,8-11H2,1-3H3,(H,27,31)/t16-,18+/m0/s1. The van der Waals surface area contributed by atoms with E-state index in [0.717, 1.165) is 23.3 Å². The number of benzene rings is 1. The molecule has 1 N–H and O–H groups in total. The molecule has 0 spiro atoms. The Hall–Kier alpha value is -3.30. The highest BCUT2D eigenvalue weighted by Crippen LogP contribution is 2.44. The summed E-state index contributed by atoms with van der Waals surface area (Å²) in [6, 6.07) is 3.68. The third-order valence-electron chi connectivity index (χ3n) is 6.30. The second-order valence-corrected chi connectivity index (χ2v) is 8.29. The summed E-state index contributed by atoms with van der Waals surface area (Å²) in [5.74, 6) is 0.0967. The number of nitrogens with zero attached hydrogens (tertiary/aromatic N) is 2. The number of aryl methyl sites for hydroxylation is 2. The molecule has 2 aromatic rings. The number of amides is 2. The van der Waals surface area contributed by atoms with Crippen molar-refractivity contribution in [1.82, 2.24) is 15.4 Å². The van der Waals surface area contributed by atoms with Crippen LogP contribution in [0.4, 0.5) is 18.0 Å². The Bertz CT molecular complexity index is 1090. The van der Waals surface area contributed by atoms with Crippen molar-refractivity contribution in [1.29, 1.82) is 0 Å². The number of carbonyl (C=O) groups excluding carboxylic acids is 2. The van der Waals surface area contributed by atoms with Crippen molar-refractivity contribution in [3.05, 3.63) is 58.0 Å². The minimum absolute atomic E-state index is 0.0703. The summed E-state index contributed by atoms with van der Waals surface area (Å²) >= 11 is 0. The van der Waals surface area contributed by atoms with Crippen LogP contribution in [-0.4, -0.2) is 41.3 Å². The Morgan fingerprint density at radius 2 is 1.91 bits per heavy atom. The van der Waals surface area contributed by atoms with Crippen molar-refractivity contribution in [2.45, 2.75) is 57.9 Å². The quantitative estimate of drug-likeness (QED) is 0.681. The Balaban J connectivity index is 1.56. The number of rotatable bonds is 4. The van der Waals surface area contributed by atoms with Crippen molar-refractivity contribution in [3.63, 3.8) is 0 Å². The van der Waals surface area contributed by atoms with Crippen LogP contribution in [0, 0.1) is 13.8 Å². The summed E-state index contributed by atoms with van der Waals surface area (Å²) in [5.41, 5.74) is 2.45. The lowest BCUT2D eigenvalue weighted by Gasteiger charge is -2.37. The Labute approximate surface area is 188 Å². The molecule has 1 aromatic carbocycles. The molecule has 2 atom stereocenters. The summed E-state index contributed by atoms with van der Waals surface area (Å²) in [5, 5.41) is 6.77. The molecule has 7 nitrogen and oxygen atoms in total. The molecular weight excluding hydrogens is 439 g/mol. The molecule has 0 radical (unpaired) electrons. The predicted molar refractivity (Wildman–Crippen MR) is 112 cm³/mol. The molecule has 10 heteroatoms. The first-order valence-electron chi connectivity index (χ1n) is 10.6. The normalized spacial score (nSPS) is 20.2. The SMILES string of the molecule is COC(=O)C1=C(c2c(C)noc2C)C[C@@H]2CC[C@H]1N2C(=O)NCc1ccc(C(F)(F)F)cc1. The number of fused-ring (bicyclic) bond motifs is 2. The molecule has 2 aliphatic heterocycles. The minimum atomic E-state index is -4.41. The van der Waals surface area contributed by atoms with Crippen LogP contribution < -0.4 is 5.32 Å². The van der Waals surface area contributed by atoms with Crippen LogP contribution in [-0.2, 0) is 22.3 Å². The second kappa shape index (κ2) is 8.57. The van der Waals surface area contributed by atoms with Gasteiger partial charge in [-0.15, -0.1) is 0 Å². The fourth-order valence-corrected chi connectivity index (χ4v) is 4.82. The van der Waals surface area contributed by atoms with E-state index in [1.807, 2.05) is 0 Å². The molecule has 0 aliphatic carbocycles. The van der Waals surface area contributed by atoms with Crippen molar-refractivity contribution in [2.24, 2.45) is 0 Å². The van der Waals surface area contributed by atoms with Crippen LogP contribution >= 0.6 is 0 Å². The Morgan fingerprint density at radius 3 is 2.48 bits per heavy atom. The van der Waals surface area contributed by atoms with E-state index in [0.29, 0.717) is 41.9 Å². The maximum atomic E-state index is 13.1. The molecular formula is C23H24F3N3O4. The smallest absolute Gasteiger partial charge is 0.416 e. The first-order valence-corrected chi connectivity index (χ1v) is 10.6. The molecule has 1 aromatic heterocycles. The Morgan fingerprint density at radius 1 is 1.21 bits per heavy atom. The van der Waals surface area contributed by atoms with E-state index in [9.17, 15) is 22.8 Å². The van der Waals surface area contributed by atoms with Gasteiger partial charge in [0.05, 0.1) is 30.0 Å². The summed E-state index contributed by atoms with van der Waals surface area (Å²) in [6.45, 7) is 3.65. The van der Waals surface area contributed by atoms with Crippen LogP contribution in [0.1, 0.15) is 47.4 Å². The number of hydrogen-bond acceptors (Lipinski definition) is 5. The largest absolute Gasteiger partial charge is 0.466 e. The monoisotopic (exact) mass is 463 g/mol. The van der Waals surface area contributed by atoms with E-state index < -0.39 is 23.8 Å². The minimum Gasteiger partial charge on any atom is -0.466 e. The molecule has 1 fully saturated rings. The van der Waals surface area contributed by atoms with Crippen LogP contribution in [0.25, 0.3) is 5.57 Å². The van der Waals surface area contributed by atoms with Crippen molar-refractivity contribution >= 4 is 17.6 Å². The number of esters is 1. The number of hydrogen-bond donors (Lipinski definition) is 1. The molecule has 4 rings (SSSR count). The van der Waals surface area contributed by atoms with Crippen molar-refractivity contribution < 1.29 is 32.0 Å². The highest BCUT2D eigenvalue weighted by molar-refractivity contribution is 6.01. The molecule has 2 bridgehead atoms. The predicted octanol–water partition coefficient (Wildman–Crippen LogP) is 4.38. The second-order valence-electron chi connectivity index (χ2n) is 8.29. The summed E-state index contributed by atoms with van der Waals surface area (Å²) in [6.07, 6.45) is -2.64. The zero-order chi connectivity index (χ0) is 23.9. The van der Waals surface area contributed by atoms with Gasteiger partial charge in [0.15, 0.2) is 0 Å². The molecule has 33 heavy (non-hydrogen) atoms. The fraction of sp³-hybridized carbons (Fsp3) is 0.435. The van der Waals surface area contributed by atoms with E-state index in [4.69, 9.17) is 9.26 Å². The van der Waals surface area contributed by atoms with Gasteiger partial charge in [0, 0.05) is 18.2 Å². The first kappa shape index (κ1) is 22.9. The van der Waals surface area contributed by atoms with Gasteiger partial charge >= 0.3 is 18.2 Å². The van der Waals surface area contributed by atoms with E-state index in [-0.39, 0.29) is 18.6 Å². The molecule has 1 saturated heterocycles. The van der Waals surface area contributed by atoms with Gasteiger partial charge in [-0.3, -0.25) is 0 Å². The van der Waals surface area contributed by atoms with Gasteiger partial charge in [-0.05, 0) is 56.4 Å². The van der Waals surface area contributed by atoms with E-state index >= 15 is 0 Å². The summed E-state index contributed by atoms with van der Waals surface area (Å²) in [4.78, 5) is 27.5. The van der Waals surface area contributed by atoms with Crippen molar-refractivity contribution in [2.75, 3.05) is 7.11 Å². The number of alkyl halides is 3. The van der Waals surface area contributed by atoms with E-state index in [1.54, 1.807) is 18.7 Å². The lowest BCUT2D eigenvalue weighted by molar-refractivity contribution is -0.138. The highest BCUT2D eigenvalue weighted by Gasteiger charge is 2.47. The molecule has 2 amide bonds. The van der Waals surface area contributed by atoms with Gasteiger partial charge in [0.1, 0.15) is 5.76 Å². The number of carbonyl (C=O) groups is 2. The lowest BCUT2D eigenvalue weighted by Crippen LogP contribution is -2.50. The van der Waals surface area contributed by atoms with Gasteiger partial charge in [0.2, 0.25) is 0 Å². The van der Waals surface area contributed by atoms with Gasteiger partial charge in [0.25, 0.3) is 0 Å². The maximum absolute atomic E-state index is 13.1. The first-order chi connectivity index (χ1) is 15.6.